The van der Waals surface area contributed by atoms with Gasteiger partial charge in [-0.05, 0) is 71.3 Å². The molecule has 0 N–H and O–H groups in total. The number of amides is 1. The van der Waals surface area contributed by atoms with Crippen molar-refractivity contribution in [1.29, 1.82) is 0 Å². The van der Waals surface area contributed by atoms with Crippen LogP contribution in [0.4, 0.5) is 4.79 Å². The molecule has 0 aromatic carbocycles. The Morgan fingerprint density at radius 1 is 0.532 bits per heavy atom. The SMILES string of the molecule is CCCCCCCCCCC/C=C\OC(=O)CCCN(CCC(=O)O/C=C\CCCCCCCCCCC)C(=O)SCCCN(C)C. The fraction of sp³-hybridized carbons (Fsp3) is 0.821. The van der Waals surface area contributed by atoms with Crippen molar-refractivity contribution in [2.45, 2.75) is 168 Å². The zero-order valence-corrected chi connectivity index (χ0v) is 31.8. The Balaban J connectivity index is 4.29. The lowest BCUT2D eigenvalue weighted by Gasteiger charge is -2.21. The van der Waals surface area contributed by atoms with E-state index in [9.17, 15) is 14.4 Å². The van der Waals surface area contributed by atoms with Gasteiger partial charge in [-0.3, -0.25) is 14.4 Å². The van der Waals surface area contributed by atoms with E-state index < -0.39 is 0 Å². The molecule has 0 bridgehead atoms. The minimum Gasteiger partial charge on any atom is -0.435 e. The number of allylic oxidation sites excluding steroid dienone is 2. The van der Waals surface area contributed by atoms with Crippen LogP contribution in [0.15, 0.2) is 24.7 Å². The molecule has 0 saturated carbocycles. The van der Waals surface area contributed by atoms with Crippen molar-refractivity contribution in [3.05, 3.63) is 24.7 Å². The molecule has 274 valence electrons. The smallest absolute Gasteiger partial charge is 0.312 e. The number of hydrogen-bond donors (Lipinski definition) is 0. The highest BCUT2D eigenvalue weighted by Gasteiger charge is 2.17. The first-order valence-corrected chi connectivity index (χ1v) is 20.1. The molecule has 7 nitrogen and oxygen atoms in total. The van der Waals surface area contributed by atoms with Gasteiger partial charge < -0.3 is 19.3 Å². The van der Waals surface area contributed by atoms with E-state index in [4.69, 9.17) is 9.47 Å². The first-order valence-electron chi connectivity index (χ1n) is 19.2. The molecule has 0 spiro atoms. The van der Waals surface area contributed by atoms with Gasteiger partial charge in [0, 0.05) is 25.3 Å². The number of unbranched alkanes of at least 4 members (excludes halogenated alkanes) is 18. The molecular weight excluding hydrogens is 609 g/mol. The average molecular weight is 681 g/mol. The topological polar surface area (TPSA) is 76.1 Å². The molecule has 0 unspecified atom stereocenters. The molecule has 0 saturated heterocycles. The summed E-state index contributed by atoms with van der Waals surface area (Å²) in [5, 5.41) is -0.0633. The Kier molecular flexibility index (Phi) is 34.1. The van der Waals surface area contributed by atoms with Crippen LogP contribution in [0.2, 0.25) is 0 Å². The highest BCUT2D eigenvalue weighted by molar-refractivity contribution is 8.13. The molecule has 0 fully saturated rings. The summed E-state index contributed by atoms with van der Waals surface area (Å²) in [5.74, 6) is 0.0712. The second kappa shape index (κ2) is 35.5. The van der Waals surface area contributed by atoms with E-state index in [0.717, 1.165) is 38.6 Å². The Morgan fingerprint density at radius 2 is 0.979 bits per heavy atom. The third-order valence-corrected chi connectivity index (χ3v) is 9.17. The molecule has 0 rings (SSSR count). The second-order valence-corrected chi connectivity index (χ2v) is 14.1. The summed E-state index contributed by atoms with van der Waals surface area (Å²) >= 11 is 1.27. The zero-order chi connectivity index (χ0) is 34.6. The number of rotatable bonds is 33. The van der Waals surface area contributed by atoms with E-state index in [-0.39, 0.29) is 36.6 Å². The van der Waals surface area contributed by atoms with Crippen LogP contribution < -0.4 is 0 Å². The molecular formula is C39H72N2O5S. The lowest BCUT2D eigenvalue weighted by Crippen LogP contribution is -2.32. The van der Waals surface area contributed by atoms with Crippen molar-refractivity contribution in [1.82, 2.24) is 9.80 Å². The van der Waals surface area contributed by atoms with Crippen molar-refractivity contribution in [3.63, 3.8) is 0 Å². The summed E-state index contributed by atoms with van der Waals surface area (Å²) in [6, 6.07) is 0. The van der Waals surface area contributed by atoms with Gasteiger partial charge in [0.2, 0.25) is 0 Å². The van der Waals surface area contributed by atoms with E-state index in [2.05, 4.69) is 18.7 Å². The molecule has 8 heteroatoms. The number of thioether (sulfide) groups is 1. The van der Waals surface area contributed by atoms with Crippen LogP contribution in [0.3, 0.4) is 0 Å². The monoisotopic (exact) mass is 681 g/mol. The fourth-order valence-corrected chi connectivity index (χ4v) is 6.03. The van der Waals surface area contributed by atoms with Gasteiger partial charge in [0.05, 0.1) is 18.9 Å². The summed E-state index contributed by atoms with van der Waals surface area (Å²) in [5.41, 5.74) is 0. The van der Waals surface area contributed by atoms with Crippen LogP contribution in [0.25, 0.3) is 0 Å². The van der Waals surface area contributed by atoms with Crippen molar-refractivity contribution < 1.29 is 23.9 Å². The van der Waals surface area contributed by atoms with Gasteiger partial charge in [-0.2, -0.15) is 0 Å². The fourth-order valence-electron chi connectivity index (χ4n) is 5.21. The molecule has 0 radical (unpaired) electrons. The van der Waals surface area contributed by atoms with Crippen LogP contribution in [0.5, 0.6) is 0 Å². The summed E-state index contributed by atoms with van der Waals surface area (Å²) in [7, 11) is 4.03. The van der Waals surface area contributed by atoms with E-state index >= 15 is 0 Å². The van der Waals surface area contributed by atoms with E-state index in [0.29, 0.717) is 18.7 Å². The Bertz CT molecular complexity index is 802. The maximum atomic E-state index is 12.9. The molecule has 0 aliphatic carbocycles. The van der Waals surface area contributed by atoms with Gasteiger partial charge in [-0.15, -0.1) is 0 Å². The quantitative estimate of drug-likeness (QED) is 0.0388. The zero-order valence-electron chi connectivity index (χ0n) is 31.0. The Labute approximate surface area is 294 Å². The molecule has 0 heterocycles. The van der Waals surface area contributed by atoms with Gasteiger partial charge in [0.1, 0.15) is 0 Å². The minimum absolute atomic E-state index is 0.0633. The number of esters is 2. The highest BCUT2D eigenvalue weighted by atomic mass is 32.2. The number of carbonyl (C=O) groups excluding carboxylic acids is 3. The highest BCUT2D eigenvalue weighted by Crippen LogP contribution is 2.14. The minimum atomic E-state index is -0.347. The maximum absolute atomic E-state index is 12.9. The van der Waals surface area contributed by atoms with Gasteiger partial charge >= 0.3 is 11.9 Å². The third-order valence-electron chi connectivity index (χ3n) is 8.17. The first kappa shape index (κ1) is 45.2. The number of ether oxygens (including phenoxy) is 2. The summed E-state index contributed by atoms with van der Waals surface area (Å²) in [4.78, 5) is 41.3. The molecule has 0 aromatic rings. The largest absolute Gasteiger partial charge is 0.435 e. The lowest BCUT2D eigenvalue weighted by atomic mass is 10.1. The molecule has 47 heavy (non-hydrogen) atoms. The van der Waals surface area contributed by atoms with E-state index in [1.807, 2.05) is 26.2 Å². The van der Waals surface area contributed by atoms with Crippen molar-refractivity contribution in [2.75, 3.05) is 39.5 Å². The summed E-state index contributed by atoms with van der Waals surface area (Å²) in [6.07, 6.45) is 33.6. The van der Waals surface area contributed by atoms with Crippen molar-refractivity contribution in [2.24, 2.45) is 0 Å². The van der Waals surface area contributed by atoms with Gasteiger partial charge in [0.25, 0.3) is 5.24 Å². The lowest BCUT2D eigenvalue weighted by molar-refractivity contribution is -0.139. The van der Waals surface area contributed by atoms with Gasteiger partial charge in [-0.25, -0.2) is 0 Å². The van der Waals surface area contributed by atoms with Crippen LogP contribution in [-0.2, 0) is 19.1 Å². The molecule has 0 aromatic heterocycles. The van der Waals surface area contributed by atoms with E-state index in [1.165, 1.54) is 127 Å². The third kappa shape index (κ3) is 33.9. The second-order valence-electron chi connectivity index (χ2n) is 13.1. The number of hydrogen-bond acceptors (Lipinski definition) is 7. The molecule has 0 aliphatic heterocycles. The van der Waals surface area contributed by atoms with Crippen LogP contribution in [0.1, 0.15) is 168 Å². The summed E-state index contributed by atoms with van der Waals surface area (Å²) < 4.78 is 10.5. The van der Waals surface area contributed by atoms with Crippen LogP contribution in [-0.4, -0.2) is 66.5 Å². The van der Waals surface area contributed by atoms with Crippen LogP contribution in [0, 0.1) is 0 Å². The van der Waals surface area contributed by atoms with Crippen molar-refractivity contribution >= 4 is 28.9 Å². The van der Waals surface area contributed by atoms with Crippen molar-refractivity contribution in [3.8, 4) is 0 Å². The Morgan fingerprint density at radius 3 is 1.45 bits per heavy atom. The molecule has 0 aliphatic rings. The summed E-state index contributed by atoms with van der Waals surface area (Å²) in [6.45, 7) is 6.08. The first-order chi connectivity index (χ1) is 22.9. The maximum Gasteiger partial charge on any atom is 0.312 e. The van der Waals surface area contributed by atoms with Crippen LogP contribution >= 0.6 is 11.8 Å². The average Bonchev–Trinajstić information content (AvgIpc) is 3.05. The normalized spacial score (nSPS) is 11.6. The Hall–Kier alpha value is -1.80. The van der Waals surface area contributed by atoms with E-state index in [1.54, 1.807) is 4.90 Å². The van der Waals surface area contributed by atoms with Gasteiger partial charge in [0.15, 0.2) is 0 Å². The predicted molar refractivity (Wildman–Crippen MR) is 201 cm³/mol. The predicted octanol–water partition coefficient (Wildman–Crippen LogP) is 11.2. The number of nitrogens with zero attached hydrogens (tertiary/aromatic N) is 2. The standard InChI is InChI=1S/C39H72N2O5S/c1-5-7-9-11-13-15-17-19-21-23-25-34-45-37(42)29-27-32-41(39(44)47-36-28-31-40(3)4)33-30-38(43)46-35-26-24-22-20-18-16-14-12-10-8-6-2/h25-26,34-35H,5-24,27-33,36H2,1-4H3/b34-25-,35-26-. The van der Waals surface area contributed by atoms with Gasteiger partial charge in [-0.1, -0.05) is 128 Å². The molecule has 1 amide bonds. The molecule has 0 atom stereocenters. The number of carbonyl (C=O) groups is 3.